The zero-order chi connectivity index (χ0) is 13.9. The lowest BCUT2D eigenvalue weighted by atomic mass is 9.80. The minimum atomic E-state index is -0.140. The number of rotatable bonds is 6. The molecule has 20 heavy (non-hydrogen) atoms. The maximum absolute atomic E-state index is 13.3. The molecule has 0 spiro atoms. The summed E-state index contributed by atoms with van der Waals surface area (Å²) in [4.78, 5) is 1.37. The fourth-order valence-electron chi connectivity index (χ4n) is 2.89. The molecule has 1 unspecified atom stereocenters. The first-order chi connectivity index (χ1) is 9.76. The first-order valence-corrected chi connectivity index (χ1v) is 8.50. The monoisotopic (exact) mass is 291 g/mol. The summed E-state index contributed by atoms with van der Waals surface area (Å²) in [6.07, 6.45) is 6.53. The Bertz CT molecular complexity index is 573. The molecule has 0 aliphatic heterocycles. The molecule has 1 fully saturated rings. The number of thiophene rings is 1. The van der Waals surface area contributed by atoms with Crippen LogP contribution in [0.1, 0.15) is 49.9 Å². The Morgan fingerprint density at radius 3 is 2.90 bits per heavy atom. The zero-order valence-electron chi connectivity index (χ0n) is 12.0. The lowest BCUT2D eigenvalue weighted by Crippen LogP contribution is -2.26. The number of hydrogen-bond acceptors (Lipinski definition) is 2. The second kappa shape index (κ2) is 6.23. The lowest BCUT2D eigenvalue weighted by Gasteiger charge is -2.29. The fourth-order valence-corrected chi connectivity index (χ4v) is 4.02. The predicted molar refractivity (Wildman–Crippen MR) is 84.8 cm³/mol. The van der Waals surface area contributed by atoms with Gasteiger partial charge in [0.05, 0.1) is 0 Å². The second-order valence-electron chi connectivity index (χ2n) is 5.87. The molecule has 1 atom stereocenters. The average molecular weight is 291 g/mol. The predicted octanol–water partition coefficient (Wildman–Crippen LogP) is 5.27. The molecule has 0 radical (unpaired) electrons. The largest absolute Gasteiger partial charge is 0.309 e. The number of benzene rings is 1. The number of nitrogens with one attached hydrogen (secondary N) is 1. The molecular formula is C17H22FNS. The van der Waals surface area contributed by atoms with Gasteiger partial charge in [-0.2, -0.15) is 0 Å². The number of halogens is 1. The average Bonchev–Trinajstić information content (AvgIpc) is 2.79. The molecule has 1 aromatic heterocycles. The van der Waals surface area contributed by atoms with Crippen LogP contribution in [-0.4, -0.2) is 6.54 Å². The molecule has 1 heterocycles. The Kier molecular flexibility index (Phi) is 4.37. The van der Waals surface area contributed by atoms with Crippen molar-refractivity contribution in [3.05, 3.63) is 35.0 Å². The minimum absolute atomic E-state index is 0.140. The highest BCUT2D eigenvalue weighted by molar-refractivity contribution is 7.19. The molecule has 1 aromatic carbocycles. The van der Waals surface area contributed by atoms with E-state index in [0.29, 0.717) is 6.04 Å². The standard InChI is InChI=1S/C17H22FNS/c1-2-8-19-15(9-12-4-3-5-12)17-11-13-10-14(18)6-7-16(13)20-17/h6-7,10-12,15,19H,2-5,8-9H2,1H3. The van der Waals surface area contributed by atoms with Crippen LogP contribution in [-0.2, 0) is 0 Å². The van der Waals surface area contributed by atoms with Gasteiger partial charge in [0.25, 0.3) is 0 Å². The van der Waals surface area contributed by atoms with Crippen LogP contribution in [0.5, 0.6) is 0 Å². The van der Waals surface area contributed by atoms with E-state index in [4.69, 9.17) is 0 Å². The van der Waals surface area contributed by atoms with Gasteiger partial charge in [0.15, 0.2) is 0 Å². The van der Waals surface area contributed by atoms with Crippen molar-refractivity contribution >= 4 is 21.4 Å². The highest BCUT2D eigenvalue weighted by atomic mass is 32.1. The lowest BCUT2D eigenvalue weighted by molar-refractivity contribution is 0.262. The van der Waals surface area contributed by atoms with E-state index in [1.54, 1.807) is 12.1 Å². The van der Waals surface area contributed by atoms with Crippen molar-refractivity contribution in [3.63, 3.8) is 0 Å². The summed E-state index contributed by atoms with van der Waals surface area (Å²) in [5, 5.41) is 4.72. The van der Waals surface area contributed by atoms with Gasteiger partial charge in [-0.05, 0) is 55.0 Å². The molecule has 108 valence electrons. The topological polar surface area (TPSA) is 12.0 Å². The van der Waals surface area contributed by atoms with Crippen molar-refractivity contribution in [1.82, 2.24) is 5.32 Å². The maximum atomic E-state index is 13.3. The quantitative estimate of drug-likeness (QED) is 0.764. The zero-order valence-corrected chi connectivity index (χ0v) is 12.8. The van der Waals surface area contributed by atoms with Crippen molar-refractivity contribution < 1.29 is 4.39 Å². The van der Waals surface area contributed by atoms with Crippen LogP contribution in [0, 0.1) is 11.7 Å². The number of fused-ring (bicyclic) bond motifs is 1. The van der Waals surface area contributed by atoms with Crippen molar-refractivity contribution in [2.45, 2.75) is 45.1 Å². The van der Waals surface area contributed by atoms with E-state index in [1.807, 2.05) is 17.4 Å². The Morgan fingerprint density at radius 1 is 1.35 bits per heavy atom. The van der Waals surface area contributed by atoms with E-state index in [1.165, 1.54) is 35.3 Å². The molecule has 3 rings (SSSR count). The first kappa shape index (κ1) is 14.0. The van der Waals surface area contributed by atoms with Gasteiger partial charge in [0.1, 0.15) is 5.82 Å². The summed E-state index contributed by atoms with van der Waals surface area (Å²) >= 11 is 1.81. The minimum Gasteiger partial charge on any atom is -0.309 e. The van der Waals surface area contributed by atoms with Crippen LogP contribution in [0.3, 0.4) is 0 Å². The highest BCUT2D eigenvalue weighted by Crippen LogP contribution is 2.38. The van der Waals surface area contributed by atoms with Crippen molar-refractivity contribution in [2.24, 2.45) is 5.92 Å². The first-order valence-electron chi connectivity index (χ1n) is 7.68. The van der Waals surface area contributed by atoms with E-state index in [2.05, 4.69) is 18.3 Å². The molecule has 0 saturated heterocycles. The SMILES string of the molecule is CCCNC(CC1CCC1)c1cc2cc(F)ccc2s1. The van der Waals surface area contributed by atoms with E-state index >= 15 is 0 Å². The second-order valence-corrected chi connectivity index (χ2v) is 6.99. The van der Waals surface area contributed by atoms with Crippen LogP contribution >= 0.6 is 11.3 Å². The molecule has 1 nitrogen and oxygen atoms in total. The van der Waals surface area contributed by atoms with Gasteiger partial charge in [0.2, 0.25) is 0 Å². The van der Waals surface area contributed by atoms with Gasteiger partial charge in [-0.3, -0.25) is 0 Å². The summed E-state index contributed by atoms with van der Waals surface area (Å²) in [6.45, 7) is 3.26. The molecular weight excluding hydrogens is 269 g/mol. The van der Waals surface area contributed by atoms with Crippen LogP contribution < -0.4 is 5.32 Å². The van der Waals surface area contributed by atoms with Gasteiger partial charge in [-0.15, -0.1) is 11.3 Å². The summed E-state index contributed by atoms with van der Waals surface area (Å²) in [5.74, 6) is 0.741. The molecule has 0 bridgehead atoms. The van der Waals surface area contributed by atoms with E-state index < -0.39 is 0 Å². The molecule has 3 heteroatoms. The maximum Gasteiger partial charge on any atom is 0.123 e. The van der Waals surface area contributed by atoms with Gasteiger partial charge in [-0.25, -0.2) is 4.39 Å². The van der Waals surface area contributed by atoms with Crippen LogP contribution in [0.2, 0.25) is 0 Å². The fraction of sp³-hybridized carbons (Fsp3) is 0.529. The molecule has 1 aliphatic rings. The van der Waals surface area contributed by atoms with Gasteiger partial charge >= 0.3 is 0 Å². The third kappa shape index (κ3) is 3.04. The molecule has 1 saturated carbocycles. The Labute approximate surface area is 124 Å². The molecule has 1 N–H and O–H groups in total. The van der Waals surface area contributed by atoms with Crippen LogP contribution in [0.15, 0.2) is 24.3 Å². The Balaban J connectivity index is 1.82. The van der Waals surface area contributed by atoms with E-state index in [-0.39, 0.29) is 5.82 Å². The Morgan fingerprint density at radius 2 is 2.20 bits per heavy atom. The van der Waals surface area contributed by atoms with Crippen molar-refractivity contribution in [2.75, 3.05) is 6.54 Å². The molecule has 2 aromatic rings. The van der Waals surface area contributed by atoms with Gasteiger partial charge < -0.3 is 5.32 Å². The third-order valence-corrected chi connectivity index (χ3v) is 5.51. The number of hydrogen-bond donors (Lipinski definition) is 1. The Hall–Kier alpha value is -0.930. The smallest absolute Gasteiger partial charge is 0.123 e. The van der Waals surface area contributed by atoms with Gasteiger partial charge in [-0.1, -0.05) is 26.2 Å². The highest BCUT2D eigenvalue weighted by Gasteiger charge is 2.23. The van der Waals surface area contributed by atoms with Crippen molar-refractivity contribution in [1.29, 1.82) is 0 Å². The molecule has 0 amide bonds. The van der Waals surface area contributed by atoms with Crippen LogP contribution in [0.4, 0.5) is 4.39 Å². The van der Waals surface area contributed by atoms with Crippen molar-refractivity contribution in [3.8, 4) is 0 Å². The molecule has 1 aliphatic carbocycles. The summed E-state index contributed by atoms with van der Waals surface area (Å²) in [5.41, 5.74) is 0. The third-order valence-electron chi connectivity index (χ3n) is 4.28. The summed E-state index contributed by atoms with van der Waals surface area (Å²) in [6, 6.07) is 7.73. The van der Waals surface area contributed by atoms with Gasteiger partial charge in [0, 0.05) is 15.6 Å². The summed E-state index contributed by atoms with van der Waals surface area (Å²) < 4.78 is 14.5. The van der Waals surface area contributed by atoms with E-state index in [0.717, 1.165) is 24.3 Å². The summed E-state index contributed by atoms with van der Waals surface area (Å²) in [7, 11) is 0. The normalized spacial score (nSPS) is 17.3. The van der Waals surface area contributed by atoms with E-state index in [9.17, 15) is 4.39 Å². The van der Waals surface area contributed by atoms with Crippen LogP contribution in [0.25, 0.3) is 10.1 Å².